The first-order valence-electron chi connectivity index (χ1n) is 7.04. The van der Waals surface area contributed by atoms with E-state index in [1.54, 1.807) is 0 Å². The van der Waals surface area contributed by atoms with Crippen LogP contribution in [-0.4, -0.2) is 6.54 Å². The molecule has 1 rings (SSSR count). The highest BCUT2D eigenvalue weighted by molar-refractivity contribution is 5.25. The monoisotopic (exact) mass is 233 g/mol. The molecule has 0 fully saturated rings. The maximum Gasteiger partial charge on any atom is 0.00729 e. The van der Waals surface area contributed by atoms with E-state index in [0.29, 0.717) is 0 Å². The van der Waals surface area contributed by atoms with Crippen molar-refractivity contribution in [1.82, 2.24) is 0 Å². The zero-order chi connectivity index (χ0) is 12.6. The Hall–Kier alpha value is -0.820. The van der Waals surface area contributed by atoms with Gasteiger partial charge in [-0.25, -0.2) is 0 Å². The summed E-state index contributed by atoms with van der Waals surface area (Å²) in [6.45, 7) is 5.28. The van der Waals surface area contributed by atoms with Crippen molar-refractivity contribution in [3.8, 4) is 0 Å². The van der Waals surface area contributed by atoms with Crippen LogP contribution >= 0.6 is 0 Å². The third-order valence-electron chi connectivity index (χ3n) is 3.96. The molecular formula is C16H27N. The second-order valence-corrected chi connectivity index (χ2v) is 5.01. The van der Waals surface area contributed by atoms with Crippen LogP contribution in [0.1, 0.15) is 57.9 Å². The van der Waals surface area contributed by atoms with Crippen LogP contribution in [0.5, 0.6) is 0 Å². The molecule has 1 nitrogen and oxygen atoms in total. The minimum Gasteiger partial charge on any atom is -0.330 e. The third-order valence-corrected chi connectivity index (χ3v) is 3.96. The van der Waals surface area contributed by atoms with Crippen LogP contribution in [0.15, 0.2) is 30.3 Å². The smallest absolute Gasteiger partial charge is 0.00729 e. The summed E-state index contributed by atoms with van der Waals surface area (Å²) in [6.07, 6.45) is 7.65. The zero-order valence-electron chi connectivity index (χ0n) is 11.4. The molecule has 0 spiro atoms. The maximum atomic E-state index is 6.07. The molecule has 1 aromatic carbocycles. The summed E-state index contributed by atoms with van der Waals surface area (Å²) >= 11 is 0. The van der Waals surface area contributed by atoms with Gasteiger partial charge in [-0.2, -0.15) is 0 Å². The van der Waals surface area contributed by atoms with Gasteiger partial charge in [0.25, 0.3) is 0 Å². The minimum atomic E-state index is 0.203. The number of unbranched alkanes of at least 4 members (excludes halogenated alkanes) is 3. The molecule has 0 bridgehead atoms. The quantitative estimate of drug-likeness (QED) is 0.667. The standard InChI is InChI=1S/C16H27N/c1-3-5-6-10-13-16(4-2,14-17)15-11-8-7-9-12-15/h7-9,11-12H,3-6,10,13-14,17H2,1-2H3. The number of hydrogen-bond acceptors (Lipinski definition) is 1. The number of nitrogens with two attached hydrogens (primary N) is 1. The van der Waals surface area contributed by atoms with Crippen molar-refractivity contribution in [3.05, 3.63) is 35.9 Å². The normalized spacial score (nSPS) is 14.5. The molecule has 0 heterocycles. The largest absolute Gasteiger partial charge is 0.330 e. The molecule has 0 aliphatic heterocycles. The lowest BCUT2D eigenvalue weighted by Gasteiger charge is -2.32. The first-order chi connectivity index (χ1) is 8.29. The molecule has 1 heteroatoms. The highest BCUT2D eigenvalue weighted by atomic mass is 14.6. The minimum absolute atomic E-state index is 0.203. The topological polar surface area (TPSA) is 26.0 Å². The van der Waals surface area contributed by atoms with Gasteiger partial charge in [0, 0.05) is 12.0 Å². The predicted octanol–water partition coefficient (Wildman–Crippen LogP) is 4.26. The summed E-state index contributed by atoms with van der Waals surface area (Å²) in [5.41, 5.74) is 7.69. The molecule has 0 saturated carbocycles. The van der Waals surface area contributed by atoms with E-state index in [9.17, 15) is 0 Å². The Morgan fingerprint density at radius 1 is 1.00 bits per heavy atom. The van der Waals surface area contributed by atoms with Gasteiger partial charge in [0.05, 0.1) is 0 Å². The van der Waals surface area contributed by atoms with Gasteiger partial charge in [0.15, 0.2) is 0 Å². The Balaban J connectivity index is 2.68. The summed E-state index contributed by atoms with van der Waals surface area (Å²) < 4.78 is 0. The zero-order valence-corrected chi connectivity index (χ0v) is 11.4. The van der Waals surface area contributed by atoms with E-state index >= 15 is 0 Å². The fraction of sp³-hybridized carbons (Fsp3) is 0.625. The van der Waals surface area contributed by atoms with Crippen molar-refractivity contribution in [2.75, 3.05) is 6.54 Å². The average molecular weight is 233 g/mol. The van der Waals surface area contributed by atoms with Crippen molar-refractivity contribution in [2.24, 2.45) is 5.73 Å². The molecule has 0 amide bonds. The third kappa shape index (κ3) is 3.85. The Morgan fingerprint density at radius 3 is 2.24 bits per heavy atom. The van der Waals surface area contributed by atoms with E-state index in [-0.39, 0.29) is 5.41 Å². The van der Waals surface area contributed by atoms with Crippen molar-refractivity contribution in [2.45, 2.75) is 57.8 Å². The van der Waals surface area contributed by atoms with Gasteiger partial charge in [-0.1, -0.05) is 69.9 Å². The van der Waals surface area contributed by atoms with Gasteiger partial charge in [0.2, 0.25) is 0 Å². The van der Waals surface area contributed by atoms with Crippen LogP contribution in [0.3, 0.4) is 0 Å². The van der Waals surface area contributed by atoms with Crippen LogP contribution < -0.4 is 5.73 Å². The Morgan fingerprint density at radius 2 is 1.71 bits per heavy atom. The summed E-state index contributed by atoms with van der Waals surface area (Å²) in [7, 11) is 0. The van der Waals surface area contributed by atoms with E-state index in [1.807, 2.05) is 0 Å². The van der Waals surface area contributed by atoms with E-state index in [2.05, 4.69) is 44.2 Å². The average Bonchev–Trinajstić information content (AvgIpc) is 2.41. The van der Waals surface area contributed by atoms with Crippen molar-refractivity contribution >= 4 is 0 Å². The summed E-state index contributed by atoms with van der Waals surface area (Å²) in [5, 5.41) is 0. The fourth-order valence-electron chi connectivity index (χ4n) is 2.57. The first kappa shape index (κ1) is 14.2. The second-order valence-electron chi connectivity index (χ2n) is 5.01. The van der Waals surface area contributed by atoms with Crippen LogP contribution in [-0.2, 0) is 5.41 Å². The van der Waals surface area contributed by atoms with E-state index < -0.39 is 0 Å². The molecule has 0 radical (unpaired) electrons. The van der Waals surface area contributed by atoms with Gasteiger partial charge in [-0.15, -0.1) is 0 Å². The van der Waals surface area contributed by atoms with E-state index in [0.717, 1.165) is 13.0 Å². The predicted molar refractivity (Wildman–Crippen MR) is 76.2 cm³/mol. The second kappa shape index (κ2) is 7.50. The van der Waals surface area contributed by atoms with Gasteiger partial charge in [0.1, 0.15) is 0 Å². The molecule has 1 atom stereocenters. The highest BCUT2D eigenvalue weighted by Crippen LogP contribution is 2.32. The summed E-state index contributed by atoms with van der Waals surface area (Å²) in [4.78, 5) is 0. The molecule has 1 aromatic rings. The molecule has 2 N–H and O–H groups in total. The maximum absolute atomic E-state index is 6.07. The first-order valence-corrected chi connectivity index (χ1v) is 7.04. The molecule has 0 aliphatic rings. The Kier molecular flexibility index (Phi) is 6.28. The molecule has 0 aromatic heterocycles. The molecular weight excluding hydrogens is 206 g/mol. The molecule has 96 valence electrons. The SMILES string of the molecule is CCCCCCC(CC)(CN)c1ccccc1. The highest BCUT2D eigenvalue weighted by Gasteiger charge is 2.27. The fourth-order valence-corrected chi connectivity index (χ4v) is 2.57. The molecule has 0 aliphatic carbocycles. The Bertz CT molecular complexity index is 288. The number of hydrogen-bond donors (Lipinski definition) is 1. The van der Waals surface area contributed by atoms with Gasteiger partial charge in [-0.3, -0.25) is 0 Å². The van der Waals surface area contributed by atoms with E-state index in [4.69, 9.17) is 5.73 Å². The van der Waals surface area contributed by atoms with Crippen molar-refractivity contribution < 1.29 is 0 Å². The number of rotatable bonds is 8. The van der Waals surface area contributed by atoms with Crippen molar-refractivity contribution in [3.63, 3.8) is 0 Å². The lowest BCUT2D eigenvalue weighted by atomic mass is 9.74. The van der Waals surface area contributed by atoms with Crippen LogP contribution in [0, 0.1) is 0 Å². The molecule has 1 unspecified atom stereocenters. The van der Waals surface area contributed by atoms with Crippen LogP contribution in [0.4, 0.5) is 0 Å². The van der Waals surface area contributed by atoms with Gasteiger partial charge >= 0.3 is 0 Å². The number of benzene rings is 1. The van der Waals surface area contributed by atoms with Crippen LogP contribution in [0.2, 0.25) is 0 Å². The molecule has 17 heavy (non-hydrogen) atoms. The summed E-state index contributed by atoms with van der Waals surface area (Å²) in [6, 6.07) is 10.8. The van der Waals surface area contributed by atoms with Crippen molar-refractivity contribution in [1.29, 1.82) is 0 Å². The Labute approximate surface area is 106 Å². The van der Waals surface area contributed by atoms with Gasteiger partial charge < -0.3 is 5.73 Å². The lowest BCUT2D eigenvalue weighted by molar-refractivity contribution is 0.370. The molecule has 0 saturated heterocycles. The van der Waals surface area contributed by atoms with Crippen LogP contribution in [0.25, 0.3) is 0 Å². The summed E-state index contributed by atoms with van der Waals surface area (Å²) in [5.74, 6) is 0. The van der Waals surface area contributed by atoms with E-state index in [1.165, 1.54) is 37.7 Å². The van der Waals surface area contributed by atoms with Gasteiger partial charge in [-0.05, 0) is 18.4 Å². The lowest BCUT2D eigenvalue weighted by Crippen LogP contribution is -2.34.